The van der Waals surface area contributed by atoms with Gasteiger partial charge in [0.05, 0.1) is 31.3 Å². The van der Waals surface area contributed by atoms with Crippen LogP contribution < -0.4 is 15.3 Å². The molecule has 9 heteroatoms. The molecule has 0 atom stereocenters. The first kappa shape index (κ1) is 21.5. The summed E-state index contributed by atoms with van der Waals surface area (Å²) in [5, 5.41) is 11.8. The van der Waals surface area contributed by atoms with Crippen LogP contribution in [-0.2, 0) is 0 Å². The van der Waals surface area contributed by atoms with Crippen LogP contribution in [0.15, 0.2) is 78.9 Å². The van der Waals surface area contributed by atoms with Crippen molar-refractivity contribution in [2.45, 2.75) is 0 Å². The fourth-order valence-corrected chi connectivity index (χ4v) is 3.84. The highest BCUT2D eigenvalue weighted by Gasteiger charge is 2.15. The number of hydrogen-bond donors (Lipinski definition) is 2. The fourth-order valence-electron chi connectivity index (χ4n) is 3.71. The van der Waals surface area contributed by atoms with E-state index in [1.54, 1.807) is 14.2 Å². The van der Waals surface area contributed by atoms with Gasteiger partial charge in [-0.3, -0.25) is 0 Å². The maximum atomic E-state index is 5.98. The summed E-state index contributed by atoms with van der Waals surface area (Å²) in [4.78, 5) is 0. The maximum Gasteiger partial charge on any atom is 0.214 e. The maximum absolute atomic E-state index is 5.98. The quantitative estimate of drug-likeness (QED) is 0.272. The molecular weight excluding hydrogens is 448 g/mol. The Morgan fingerprint density at radius 1 is 0.794 bits per heavy atom. The molecule has 0 bridgehead atoms. The standard InChI is InChI=1S/C25H22N6O2S/c1-32-20-11-5-16(6-12-20)22-15-23(17-7-13-21(33-2)14-8-17)31(29-22)19-9-3-18(4-10-19)24-27-28-25(34)30(24)26/h3-15H,26H2,1-2H3,(H,28,34). The van der Waals surface area contributed by atoms with Crippen LogP contribution in [0.2, 0.25) is 0 Å². The number of benzene rings is 3. The van der Waals surface area contributed by atoms with E-state index in [4.69, 9.17) is 32.6 Å². The van der Waals surface area contributed by atoms with Gasteiger partial charge in [-0.1, -0.05) is 0 Å². The average Bonchev–Trinajstić information content (AvgIpc) is 3.48. The number of hydrogen-bond acceptors (Lipinski definition) is 6. The molecule has 2 heterocycles. The summed E-state index contributed by atoms with van der Waals surface area (Å²) in [5.74, 6) is 8.13. The van der Waals surface area contributed by atoms with Crippen molar-refractivity contribution in [2.75, 3.05) is 20.1 Å². The van der Waals surface area contributed by atoms with Gasteiger partial charge in [-0.05, 0) is 91.1 Å². The molecule has 0 saturated carbocycles. The molecule has 3 aromatic carbocycles. The number of nitrogens with one attached hydrogen (secondary N) is 1. The summed E-state index contributed by atoms with van der Waals surface area (Å²) in [6.45, 7) is 0. The predicted octanol–water partition coefficient (Wildman–Crippen LogP) is 4.86. The second-order valence-corrected chi connectivity index (χ2v) is 7.94. The SMILES string of the molecule is COc1ccc(-c2cc(-c3ccc(OC)cc3)n(-c3ccc(-c4n[nH]c(=S)n4N)cc3)n2)cc1. The number of nitrogen functional groups attached to an aromatic ring is 1. The van der Waals surface area contributed by atoms with Gasteiger partial charge in [0.25, 0.3) is 0 Å². The summed E-state index contributed by atoms with van der Waals surface area (Å²) in [6.07, 6.45) is 0. The highest BCUT2D eigenvalue weighted by molar-refractivity contribution is 7.71. The first-order chi connectivity index (χ1) is 16.6. The van der Waals surface area contributed by atoms with Crippen LogP contribution in [0.5, 0.6) is 11.5 Å². The zero-order valence-electron chi connectivity index (χ0n) is 18.6. The second-order valence-electron chi connectivity index (χ2n) is 7.55. The van der Waals surface area contributed by atoms with Crippen LogP contribution in [0.25, 0.3) is 39.6 Å². The van der Waals surface area contributed by atoms with Crippen molar-refractivity contribution in [2.24, 2.45) is 0 Å². The summed E-state index contributed by atoms with van der Waals surface area (Å²) >= 11 is 5.12. The van der Waals surface area contributed by atoms with Gasteiger partial charge < -0.3 is 15.3 Å². The number of aromatic nitrogens is 5. The van der Waals surface area contributed by atoms with E-state index >= 15 is 0 Å². The molecule has 0 amide bonds. The lowest BCUT2D eigenvalue weighted by molar-refractivity contribution is 0.414. The van der Waals surface area contributed by atoms with Gasteiger partial charge in [0.2, 0.25) is 4.77 Å². The van der Waals surface area contributed by atoms with Crippen molar-refractivity contribution in [3.8, 4) is 51.1 Å². The molecular formula is C25H22N6O2S. The van der Waals surface area contributed by atoms with Crippen LogP contribution in [0.4, 0.5) is 0 Å². The largest absolute Gasteiger partial charge is 0.497 e. The first-order valence-corrected chi connectivity index (χ1v) is 10.9. The molecule has 0 aliphatic rings. The highest BCUT2D eigenvalue weighted by Crippen LogP contribution is 2.31. The van der Waals surface area contributed by atoms with E-state index in [1.807, 2.05) is 77.5 Å². The molecule has 34 heavy (non-hydrogen) atoms. The molecule has 0 aliphatic heterocycles. The molecule has 0 saturated heterocycles. The minimum absolute atomic E-state index is 0.358. The van der Waals surface area contributed by atoms with Crippen molar-refractivity contribution < 1.29 is 9.47 Å². The van der Waals surface area contributed by atoms with Gasteiger partial charge in [0.15, 0.2) is 5.82 Å². The Morgan fingerprint density at radius 2 is 1.35 bits per heavy atom. The molecule has 2 aromatic heterocycles. The monoisotopic (exact) mass is 470 g/mol. The molecule has 0 spiro atoms. The molecule has 0 unspecified atom stereocenters. The smallest absolute Gasteiger partial charge is 0.214 e. The van der Waals surface area contributed by atoms with E-state index in [0.29, 0.717) is 10.6 Å². The minimum atomic E-state index is 0.358. The molecule has 5 aromatic rings. The highest BCUT2D eigenvalue weighted by atomic mass is 32.1. The van der Waals surface area contributed by atoms with Gasteiger partial charge in [0, 0.05) is 16.7 Å². The van der Waals surface area contributed by atoms with Crippen LogP contribution in [0, 0.1) is 4.77 Å². The predicted molar refractivity (Wildman–Crippen MR) is 134 cm³/mol. The first-order valence-electron chi connectivity index (χ1n) is 10.5. The number of aromatic amines is 1. The third-order valence-electron chi connectivity index (χ3n) is 5.56. The van der Waals surface area contributed by atoms with Gasteiger partial charge >= 0.3 is 0 Å². The molecule has 8 nitrogen and oxygen atoms in total. The molecule has 170 valence electrons. The van der Waals surface area contributed by atoms with Crippen molar-refractivity contribution in [1.29, 1.82) is 0 Å². The summed E-state index contributed by atoms with van der Waals surface area (Å²) < 4.78 is 14.2. The Balaban J connectivity index is 1.59. The van der Waals surface area contributed by atoms with Gasteiger partial charge in [-0.2, -0.15) is 10.2 Å². The Labute approximate surface area is 201 Å². The lowest BCUT2D eigenvalue weighted by Gasteiger charge is -2.09. The fraction of sp³-hybridized carbons (Fsp3) is 0.0800. The summed E-state index contributed by atoms with van der Waals surface area (Å²) in [6, 6.07) is 25.7. The molecule has 3 N–H and O–H groups in total. The molecule has 5 rings (SSSR count). The summed E-state index contributed by atoms with van der Waals surface area (Å²) in [7, 11) is 3.31. The van der Waals surface area contributed by atoms with E-state index in [9.17, 15) is 0 Å². The number of H-pyrrole nitrogens is 1. The number of ether oxygens (including phenoxy) is 2. The van der Waals surface area contributed by atoms with Crippen molar-refractivity contribution >= 4 is 12.2 Å². The van der Waals surface area contributed by atoms with Crippen molar-refractivity contribution in [3.63, 3.8) is 0 Å². The van der Waals surface area contributed by atoms with Crippen LogP contribution in [0.3, 0.4) is 0 Å². The lowest BCUT2D eigenvalue weighted by Crippen LogP contribution is -2.10. The Hall–Kier alpha value is -4.37. The van der Waals surface area contributed by atoms with E-state index in [0.717, 1.165) is 45.3 Å². The Morgan fingerprint density at radius 3 is 1.88 bits per heavy atom. The lowest BCUT2D eigenvalue weighted by atomic mass is 10.1. The van der Waals surface area contributed by atoms with Crippen molar-refractivity contribution in [1.82, 2.24) is 24.7 Å². The van der Waals surface area contributed by atoms with Crippen LogP contribution in [0.1, 0.15) is 0 Å². The van der Waals surface area contributed by atoms with Gasteiger partial charge in [0.1, 0.15) is 11.5 Å². The topological polar surface area (TPSA) is 95.9 Å². The average molecular weight is 471 g/mol. The Bertz CT molecular complexity index is 1480. The van der Waals surface area contributed by atoms with E-state index in [2.05, 4.69) is 16.3 Å². The van der Waals surface area contributed by atoms with E-state index in [-0.39, 0.29) is 0 Å². The number of methoxy groups -OCH3 is 2. The van der Waals surface area contributed by atoms with Gasteiger partial charge in [-0.15, -0.1) is 0 Å². The molecule has 0 aliphatic carbocycles. The summed E-state index contributed by atoms with van der Waals surface area (Å²) in [5.41, 5.74) is 5.53. The third kappa shape index (κ3) is 3.93. The second kappa shape index (κ2) is 8.87. The van der Waals surface area contributed by atoms with Crippen molar-refractivity contribution in [3.05, 3.63) is 83.6 Å². The third-order valence-corrected chi connectivity index (χ3v) is 5.84. The van der Waals surface area contributed by atoms with Gasteiger partial charge in [-0.25, -0.2) is 14.5 Å². The zero-order chi connectivity index (χ0) is 23.7. The normalized spacial score (nSPS) is 10.9. The van der Waals surface area contributed by atoms with Crippen LogP contribution >= 0.6 is 12.2 Å². The van der Waals surface area contributed by atoms with Crippen LogP contribution in [-0.4, -0.2) is 38.9 Å². The number of rotatable bonds is 6. The number of nitrogens with two attached hydrogens (primary N) is 1. The van der Waals surface area contributed by atoms with E-state index in [1.165, 1.54) is 4.68 Å². The molecule has 0 fully saturated rings. The molecule has 0 radical (unpaired) electrons. The minimum Gasteiger partial charge on any atom is -0.497 e. The Kier molecular flexibility index (Phi) is 5.60. The zero-order valence-corrected chi connectivity index (χ0v) is 19.4. The van der Waals surface area contributed by atoms with E-state index < -0.39 is 0 Å². The number of nitrogens with zero attached hydrogens (tertiary/aromatic N) is 4.